The number of aromatic nitrogens is 3. The summed E-state index contributed by atoms with van der Waals surface area (Å²) in [5.74, 6) is 0.336. The lowest BCUT2D eigenvalue weighted by Gasteiger charge is -2.24. The number of benzene rings is 2. The number of carbonyl (C=O) groups excluding carboxylic acids is 1. The number of rotatable bonds is 5. The summed E-state index contributed by atoms with van der Waals surface area (Å²) in [6.45, 7) is 6.51. The van der Waals surface area contributed by atoms with Crippen LogP contribution in [-0.4, -0.2) is 58.1 Å². The normalized spacial score (nSPS) is 16.1. The van der Waals surface area contributed by atoms with Gasteiger partial charge in [-0.3, -0.25) is 0 Å². The number of amides is 1. The van der Waals surface area contributed by atoms with Crippen LogP contribution in [-0.2, 0) is 14.8 Å². The Morgan fingerprint density at radius 1 is 1.11 bits per heavy atom. The number of carbonyl (C=O) groups is 1. The van der Waals surface area contributed by atoms with E-state index in [1.807, 2.05) is 32.9 Å². The summed E-state index contributed by atoms with van der Waals surface area (Å²) in [5, 5.41) is 4.26. The van der Waals surface area contributed by atoms with Gasteiger partial charge in [0, 0.05) is 36.3 Å². The van der Waals surface area contributed by atoms with E-state index in [4.69, 9.17) is 16.3 Å². The predicted octanol–water partition coefficient (Wildman–Crippen LogP) is 5.41. The average molecular weight is 554 g/mol. The van der Waals surface area contributed by atoms with Crippen molar-refractivity contribution in [2.75, 3.05) is 18.4 Å². The molecule has 1 aliphatic heterocycles. The lowest BCUT2D eigenvalue weighted by Crippen LogP contribution is -2.36. The average Bonchev–Trinajstić information content (AvgIpc) is 3.50. The Balaban J connectivity index is 1.46. The van der Waals surface area contributed by atoms with Gasteiger partial charge in [0.05, 0.1) is 27.3 Å². The van der Waals surface area contributed by atoms with E-state index in [9.17, 15) is 13.2 Å². The van der Waals surface area contributed by atoms with Crippen molar-refractivity contribution in [1.82, 2.24) is 18.8 Å². The SMILES string of the molecule is CC(C)(C)OC(=O)N1CC[C@@H](Nc2ncc(Cl)c(-c3cn(S(=O)(=O)c4ccccc4)c4ccccc34)n2)C1. The van der Waals surface area contributed by atoms with E-state index in [0.29, 0.717) is 47.6 Å². The minimum Gasteiger partial charge on any atom is -0.444 e. The van der Waals surface area contributed by atoms with Gasteiger partial charge >= 0.3 is 6.09 Å². The van der Waals surface area contributed by atoms with Gasteiger partial charge in [-0.05, 0) is 45.4 Å². The second kappa shape index (κ2) is 9.92. The molecule has 11 heteroatoms. The summed E-state index contributed by atoms with van der Waals surface area (Å²) in [4.78, 5) is 23.2. The van der Waals surface area contributed by atoms with Gasteiger partial charge in [-0.25, -0.2) is 27.2 Å². The highest BCUT2D eigenvalue weighted by atomic mass is 35.5. The van der Waals surface area contributed by atoms with Gasteiger partial charge in [0.1, 0.15) is 5.60 Å². The van der Waals surface area contributed by atoms with Crippen molar-refractivity contribution < 1.29 is 17.9 Å². The molecule has 0 saturated carbocycles. The quantitative estimate of drug-likeness (QED) is 0.352. The van der Waals surface area contributed by atoms with E-state index in [1.54, 1.807) is 53.6 Å². The number of anilines is 1. The fourth-order valence-corrected chi connectivity index (χ4v) is 6.01. The summed E-state index contributed by atoms with van der Waals surface area (Å²) >= 11 is 6.53. The molecule has 0 spiro atoms. The van der Waals surface area contributed by atoms with Gasteiger partial charge in [0.2, 0.25) is 5.95 Å². The highest BCUT2D eigenvalue weighted by molar-refractivity contribution is 7.90. The first-order chi connectivity index (χ1) is 18.0. The molecule has 2 aromatic carbocycles. The summed E-state index contributed by atoms with van der Waals surface area (Å²) < 4.78 is 33.7. The van der Waals surface area contributed by atoms with E-state index in [2.05, 4.69) is 15.3 Å². The maximum Gasteiger partial charge on any atom is 0.410 e. The zero-order valence-corrected chi connectivity index (χ0v) is 22.8. The number of likely N-dealkylation sites (tertiary alicyclic amines) is 1. The number of hydrogen-bond donors (Lipinski definition) is 1. The summed E-state index contributed by atoms with van der Waals surface area (Å²) in [5.41, 5.74) is 0.922. The fraction of sp³-hybridized carbons (Fsp3) is 0.296. The summed E-state index contributed by atoms with van der Waals surface area (Å²) in [6, 6.07) is 15.4. The second-order valence-corrected chi connectivity index (χ2v) is 12.3. The van der Waals surface area contributed by atoms with Gasteiger partial charge in [0.15, 0.2) is 0 Å². The van der Waals surface area contributed by atoms with Crippen LogP contribution < -0.4 is 5.32 Å². The third-order valence-electron chi connectivity index (χ3n) is 6.15. The molecular formula is C27H28ClN5O4S. The number of ether oxygens (including phenoxy) is 1. The highest BCUT2D eigenvalue weighted by Gasteiger charge is 2.30. The molecule has 1 saturated heterocycles. The fourth-order valence-electron chi connectivity index (χ4n) is 4.42. The summed E-state index contributed by atoms with van der Waals surface area (Å²) in [6.07, 6.45) is 3.39. The van der Waals surface area contributed by atoms with Crippen molar-refractivity contribution in [3.63, 3.8) is 0 Å². The molecule has 9 nitrogen and oxygen atoms in total. The Kier molecular flexibility index (Phi) is 6.79. The van der Waals surface area contributed by atoms with E-state index in [0.717, 1.165) is 0 Å². The van der Waals surface area contributed by atoms with Crippen LogP contribution in [0.4, 0.5) is 10.7 Å². The number of fused-ring (bicyclic) bond motifs is 1. The standard InChI is InChI=1S/C27H28ClN5O4S/c1-27(2,3)37-26(34)32-14-13-18(16-32)30-25-29-15-22(28)24(31-25)21-17-33(23-12-8-7-11-20(21)23)38(35,36)19-9-5-4-6-10-19/h4-12,15,17-18H,13-14,16H2,1-3H3,(H,29,30,31)/t18-/m1/s1. The monoisotopic (exact) mass is 553 g/mol. The van der Waals surface area contributed by atoms with Crippen LogP contribution in [0.1, 0.15) is 27.2 Å². The largest absolute Gasteiger partial charge is 0.444 e. The predicted molar refractivity (Wildman–Crippen MR) is 147 cm³/mol. The molecule has 1 fully saturated rings. The molecule has 0 aliphatic carbocycles. The zero-order chi connectivity index (χ0) is 27.1. The third kappa shape index (κ3) is 5.19. The molecule has 4 aromatic rings. The number of halogens is 1. The van der Waals surface area contributed by atoms with Gasteiger partial charge < -0.3 is 15.0 Å². The maximum absolute atomic E-state index is 13.5. The Hall–Kier alpha value is -3.63. The molecule has 198 valence electrons. The van der Waals surface area contributed by atoms with Crippen LogP contribution in [0.3, 0.4) is 0 Å². The van der Waals surface area contributed by atoms with E-state index >= 15 is 0 Å². The van der Waals surface area contributed by atoms with Crippen molar-refractivity contribution >= 4 is 44.6 Å². The first-order valence-electron chi connectivity index (χ1n) is 12.2. The molecule has 0 unspecified atom stereocenters. The Bertz CT molecular complexity index is 1600. The lowest BCUT2D eigenvalue weighted by atomic mass is 10.1. The summed E-state index contributed by atoms with van der Waals surface area (Å²) in [7, 11) is -3.86. The van der Waals surface area contributed by atoms with Crippen LogP contribution in [0.15, 0.2) is 71.9 Å². The van der Waals surface area contributed by atoms with Crippen LogP contribution in [0.25, 0.3) is 22.2 Å². The van der Waals surface area contributed by atoms with E-state index in [1.165, 1.54) is 10.2 Å². The van der Waals surface area contributed by atoms with Crippen LogP contribution in [0.2, 0.25) is 5.02 Å². The molecule has 0 bridgehead atoms. The van der Waals surface area contributed by atoms with Crippen molar-refractivity contribution in [2.24, 2.45) is 0 Å². The molecule has 1 atom stereocenters. The number of para-hydroxylation sites is 1. The third-order valence-corrected chi connectivity index (χ3v) is 8.11. The zero-order valence-electron chi connectivity index (χ0n) is 21.3. The molecule has 5 rings (SSSR count). The van der Waals surface area contributed by atoms with Crippen LogP contribution >= 0.6 is 11.6 Å². The van der Waals surface area contributed by atoms with Gasteiger partial charge in [-0.15, -0.1) is 0 Å². The van der Waals surface area contributed by atoms with Crippen molar-refractivity contribution in [3.05, 3.63) is 72.0 Å². The van der Waals surface area contributed by atoms with Crippen molar-refractivity contribution in [1.29, 1.82) is 0 Å². The number of nitrogens with zero attached hydrogens (tertiary/aromatic N) is 4. The first-order valence-corrected chi connectivity index (χ1v) is 14.0. The van der Waals surface area contributed by atoms with E-state index in [-0.39, 0.29) is 22.1 Å². The molecule has 1 amide bonds. The molecular weight excluding hydrogens is 526 g/mol. The van der Waals surface area contributed by atoms with Crippen LogP contribution in [0, 0.1) is 0 Å². The van der Waals surface area contributed by atoms with Crippen LogP contribution in [0.5, 0.6) is 0 Å². The van der Waals surface area contributed by atoms with Crippen molar-refractivity contribution in [3.8, 4) is 11.3 Å². The molecule has 1 aliphatic rings. The minimum atomic E-state index is -3.86. The number of nitrogens with one attached hydrogen (secondary N) is 1. The number of hydrogen-bond acceptors (Lipinski definition) is 7. The van der Waals surface area contributed by atoms with Crippen molar-refractivity contribution in [2.45, 2.75) is 43.7 Å². The molecule has 38 heavy (non-hydrogen) atoms. The molecule has 0 radical (unpaired) electrons. The van der Waals surface area contributed by atoms with Gasteiger partial charge in [-0.2, -0.15) is 0 Å². The van der Waals surface area contributed by atoms with E-state index < -0.39 is 15.6 Å². The second-order valence-electron chi connectivity index (χ2n) is 10.1. The molecule has 2 aromatic heterocycles. The molecule has 3 heterocycles. The minimum absolute atomic E-state index is 0.0728. The topological polar surface area (TPSA) is 106 Å². The Morgan fingerprint density at radius 2 is 1.82 bits per heavy atom. The Morgan fingerprint density at radius 3 is 2.55 bits per heavy atom. The molecule has 1 N–H and O–H groups in total. The maximum atomic E-state index is 13.5. The lowest BCUT2D eigenvalue weighted by molar-refractivity contribution is 0.0293. The first kappa shape index (κ1) is 26.0. The van der Waals surface area contributed by atoms with Gasteiger partial charge in [-0.1, -0.05) is 48.0 Å². The smallest absolute Gasteiger partial charge is 0.410 e. The Labute approximate surface area is 226 Å². The van der Waals surface area contributed by atoms with Gasteiger partial charge in [0.25, 0.3) is 10.0 Å². The highest BCUT2D eigenvalue weighted by Crippen LogP contribution is 2.35.